The van der Waals surface area contributed by atoms with Crippen LogP contribution in [0.25, 0.3) is 0 Å². The Morgan fingerprint density at radius 2 is 1.70 bits per heavy atom. The molecule has 2 rings (SSSR count). The van der Waals surface area contributed by atoms with E-state index in [-0.39, 0.29) is 10.8 Å². The molecule has 1 unspecified atom stereocenters. The number of nitrogens with zero attached hydrogens (tertiary/aromatic N) is 1. The third-order valence-electron chi connectivity index (χ3n) is 4.43. The van der Waals surface area contributed by atoms with Crippen LogP contribution in [0.5, 0.6) is 0 Å². The molecule has 0 radical (unpaired) electrons. The lowest BCUT2D eigenvalue weighted by Gasteiger charge is -2.31. The predicted molar refractivity (Wildman–Crippen MR) is 88.6 cm³/mol. The molecule has 1 nitrogen and oxygen atoms in total. The lowest BCUT2D eigenvalue weighted by molar-refractivity contribution is 0.192. The van der Waals surface area contributed by atoms with Gasteiger partial charge in [-0.15, -0.1) is 11.6 Å². The molecule has 1 aromatic rings. The number of halogens is 1. The molecule has 0 N–H and O–H groups in total. The maximum atomic E-state index is 6.60. The largest absolute Gasteiger partial charge is 0.302 e. The molecule has 1 aliphatic rings. The van der Waals surface area contributed by atoms with E-state index in [0.29, 0.717) is 0 Å². The molecule has 2 heteroatoms. The van der Waals surface area contributed by atoms with Crippen LogP contribution in [0.4, 0.5) is 0 Å². The third kappa shape index (κ3) is 4.23. The molecule has 112 valence electrons. The summed E-state index contributed by atoms with van der Waals surface area (Å²) in [6.45, 7) is 12.5. The van der Waals surface area contributed by atoms with Gasteiger partial charge in [-0.2, -0.15) is 0 Å². The van der Waals surface area contributed by atoms with Crippen molar-refractivity contribution in [3.05, 3.63) is 35.4 Å². The molecule has 1 aromatic carbocycles. The van der Waals surface area contributed by atoms with E-state index in [1.807, 2.05) is 0 Å². The van der Waals surface area contributed by atoms with Crippen LogP contribution in [0, 0.1) is 5.92 Å². The van der Waals surface area contributed by atoms with E-state index < -0.39 is 0 Å². The number of likely N-dealkylation sites (tertiary alicyclic amines) is 1. The summed E-state index contributed by atoms with van der Waals surface area (Å²) in [6.07, 6.45) is 2.62. The number of hydrogen-bond donors (Lipinski definition) is 0. The zero-order valence-corrected chi connectivity index (χ0v) is 14.1. The second-order valence-electron chi connectivity index (χ2n) is 7.32. The summed E-state index contributed by atoms with van der Waals surface area (Å²) in [7, 11) is 0. The van der Waals surface area contributed by atoms with Crippen molar-refractivity contribution in [2.24, 2.45) is 5.92 Å². The van der Waals surface area contributed by atoms with Gasteiger partial charge in [-0.25, -0.2) is 0 Å². The molecule has 0 aromatic heterocycles. The van der Waals surface area contributed by atoms with Gasteiger partial charge < -0.3 is 4.90 Å². The minimum atomic E-state index is 0.109. The van der Waals surface area contributed by atoms with Crippen LogP contribution in [0.15, 0.2) is 24.3 Å². The van der Waals surface area contributed by atoms with E-state index in [1.165, 1.54) is 37.1 Å². The average molecular weight is 294 g/mol. The second kappa shape index (κ2) is 6.49. The fraction of sp³-hybridized carbons (Fsp3) is 0.667. The van der Waals surface area contributed by atoms with Crippen molar-refractivity contribution in [1.29, 1.82) is 0 Å². The van der Waals surface area contributed by atoms with E-state index in [1.54, 1.807) is 0 Å². The molecule has 0 aliphatic carbocycles. The second-order valence-corrected chi connectivity index (χ2v) is 7.85. The Morgan fingerprint density at radius 1 is 1.15 bits per heavy atom. The molecule has 1 aliphatic heterocycles. The molecule has 1 heterocycles. The highest BCUT2D eigenvalue weighted by atomic mass is 35.5. The van der Waals surface area contributed by atoms with Gasteiger partial charge in [-0.3, -0.25) is 0 Å². The van der Waals surface area contributed by atoms with Gasteiger partial charge in [-0.05, 0) is 48.4 Å². The number of alkyl halides is 1. The summed E-state index contributed by atoms with van der Waals surface area (Å²) in [6, 6.07) is 8.85. The SMILES string of the molecule is CC1CCN(CC(Cl)c2ccc(C(C)(C)C)cc2)CC1. The molecule has 1 fully saturated rings. The molecule has 0 bridgehead atoms. The average Bonchev–Trinajstić information content (AvgIpc) is 2.40. The molecule has 1 saturated heterocycles. The van der Waals surface area contributed by atoms with E-state index in [4.69, 9.17) is 11.6 Å². The Labute approximate surface area is 129 Å². The molecule has 1 atom stereocenters. The van der Waals surface area contributed by atoms with Gasteiger partial charge in [0, 0.05) is 6.54 Å². The van der Waals surface area contributed by atoms with E-state index in [2.05, 4.69) is 56.9 Å². The highest BCUT2D eigenvalue weighted by Gasteiger charge is 2.20. The molecular weight excluding hydrogens is 266 g/mol. The van der Waals surface area contributed by atoms with Gasteiger partial charge in [-0.1, -0.05) is 52.0 Å². The van der Waals surface area contributed by atoms with Crippen LogP contribution in [-0.4, -0.2) is 24.5 Å². The van der Waals surface area contributed by atoms with Gasteiger partial charge in [0.1, 0.15) is 0 Å². The number of hydrogen-bond acceptors (Lipinski definition) is 1. The highest BCUT2D eigenvalue weighted by molar-refractivity contribution is 6.21. The van der Waals surface area contributed by atoms with Gasteiger partial charge >= 0.3 is 0 Å². The fourth-order valence-corrected chi connectivity index (χ4v) is 3.11. The fourth-order valence-electron chi connectivity index (χ4n) is 2.77. The molecule has 0 spiro atoms. The number of piperidine rings is 1. The van der Waals surface area contributed by atoms with E-state index in [9.17, 15) is 0 Å². The Hall–Kier alpha value is -0.530. The quantitative estimate of drug-likeness (QED) is 0.709. The van der Waals surface area contributed by atoms with Crippen molar-refractivity contribution >= 4 is 11.6 Å². The zero-order chi connectivity index (χ0) is 14.8. The summed E-state index contributed by atoms with van der Waals surface area (Å²) in [5.41, 5.74) is 2.83. The number of rotatable bonds is 3. The maximum Gasteiger partial charge on any atom is 0.0712 e. The van der Waals surface area contributed by atoms with E-state index in [0.717, 1.165) is 12.5 Å². The van der Waals surface area contributed by atoms with Crippen LogP contribution < -0.4 is 0 Å². The predicted octanol–water partition coefficient (Wildman–Crippen LogP) is 5.00. The standard InChI is InChI=1S/C18H28ClN/c1-14-9-11-20(12-10-14)13-17(19)15-5-7-16(8-6-15)18(2,3)4/h5-8,14,17H,9-13H2,1-4H3. The first kappa shape index (κ1) is 15.9. The highest BCUT2D eigenvalue weighted by Crippen LogP contribution is 2.28. The van der Waals surface area contributed by atoms with Crippen molar-refractivity contribution in [3.8, 4) is 0 Å². The smallest absolute Gasteiger partial charge is 0.0712 e. The lowest BCUT2D eigenvalue weighted by atomic mass is 9.86. The monoisotopic (exact) mass is 293 g/mol. The molecule has 0 amide bonds. The Morgan fingerprint density at radius 3 is 2.20 bits per heavy atom. The Kier molecular flexibility index (Phi) is 5.14. The Balaban J connectivity index is 1.94. The van der Waals surface area contributed by atoms with Crippen LogP contribution in [-0.2, 0) is 5.41 Å². The van der Waals surface area contributed by atoms with Crippen molar-refractivity contribution in [3.63, 3.8) is 0 Å². The summed E-state index contributed by atoms with van der Waals surface area (Å²) >= 11 is 6.60. The van der Waals surface area contributed by atoms with Gasteiger partial charge in [0.2, 0.25) is 0 Å². The first-order chi connectivity index (χ1) is 9.36. The van der Waals surface area contributed by atoms with Gasteiger partial charge in [0.15, 0.2) is 0 Å². The van der Waals surface area contributed by atoms with E-state index >= 15 is 0 Å². The van der Waals surface area contributed by atoms with Crippen molar-refractivity contribution in [1.82, 2.24) is 4.90 Å². The first-order valence-electron chi connectivity index (χ1n) is 7.83. The summed E-state index contributed by atoms with van der Waals surface area (Å²) in [4.78, 5) is 2.51. The molecule has 0 saturated carbocycles. The minimum Gasteiger partial charge on any atom is -0.302 e. The Bertz CT molecular complexity index is 410. The van der Waals surface area contributed by atoms with Crippen LogP contribution in [0.3, 0.4) is 0 Å². The van der Waals surface area contributed by atoms with Crippen molar-refractivity contribution in [2.75, 3.05) is 19.6 Å². The van der Waals surface area contributed by atoms with Gasteiger partial charge in [0.25, 0.3) is 0 Å². The van der Waals surface area contributed by atoms with Crippen LogP contribution in [0.2, 0.25) is 0 Å². The first-order valence-corrected chi connectivity index (χ1v) is 8.27. The van der Waals surface area contributed by atoms with Gasteiger partial charge in [0.05, 0.1) is 5.38 Å². The summed E-state index contributed by atoms with van der Waals surface area (Å²) in [5.74, 6) is 0.881. The molecular formula is C18H28ClN. The number of benzene rings is 1. The topological polar surface area (TPSA) is 3.24 Å². The van der Waals surface area contributed by atoms with Crippen molar-refractivity contribution in [2.45, 2.75) is 51.3 Å². The third-order valence-corrected chi connectivity index (χ3v) is 4.82. The molecule has 20 heavy (non-hydrogen) atoms. The lowest BCUT2D eigenvalue weighted by Crippen LogP contribution is -2.35. The van der Waals surface area contributed by atoms with Crippen molar-refractivity contribution < 1.29 is 0 Å². The summed E-state index contributed by atoms with van der Waals surface area (Å²) < 4.78 is 0. The van der Waals surface area contributed by atoms with Crippen LogP contribution >= 0.6 is 11.6 Å². The summed E-state index contributed by atoms with van der Waals surface area (Å²) in [5, 5.41) is 0.109. The van der Waals surface area contributed by atoms with Crippen LogP contribution in [0.1, 0.15) is 57.0 Å². The minimum absolute atomic E-state index is 0.109. The zero-order valence-electron chi connectivity index (χ0n) is 13.3. The maximum absolute atomic E-state index is 6.60. The normalized spacial score (nSPS) is 20.1.